The smallest absolute Gasteiger partial charge is 0.0140 e. The lowest BCUT2D eigenvalue weighted by molar-refractivity contribution is 0.412. The highest BCUT2D eigenvalue weighted by atomic mass is 15.1. The summed E-state index contributed by atoms with van der Waals surface area (Å²) in [5.41, 5.74) is 0.359. The van der Waals surface area contributed by atoms with E-state index in [1.807, 2.05) is 0 Å². The number of hydrogen-bond donors (Lipinski definition) is 0. The van der Waals surface area contributed by atoms with Crippen LogP contribution in [0.15, 0.2) is 12.3 Å². The summed E-state index contributed by atoms with van der Waals surface area (Å²) in [5.74, 6) is 0. The molecule has 0 atom stereocenters. The van der Waals surface area contributed by atoms with Gasteiger partial charge in [-0.15, -0.1) is 0 Å². The van der Waals surface area contributed by atoms with Gasteiger partial charge >= 0.3 is 0 Å². The van der Waals surface area contributed by atoms with Crippen LogP contribution in [-0.4, -0.2) is 18.5 Å². The highest BCUT2D eigenvalue weighted by Gasteiger charge is 2.11. The lowest BCUT2D eigenvalue weighted by Gasteiger charge is -2.20. The van der Waals surface area contributed by atoms with Gasteiger partial charge in [-0.1, -0.05) is 33.3 Å². The molecule has 1 heteroatoms. The second-order valence-corrected chi connectivity index (χ2v) is 4.13. The van der Waals surface area contributed by atoms with Gasteiger partial charge in [0.25, 0.3) is 0 Å². The van der Waals surface area contributed by atoms with Gasteiger partial charge in [0.15, 0.2) is 0 Å². The summed E-state index contributed by atoms with van der Waals surface area (Å²) in [5, 5.41) is 0. The van der Waals surface area contributed by atoms with Gasteiger partial charge in [-0.05, 0) is 25.0 Å². The zero-order valence-electron chi connectivity index (χ0n) is 9.22. The van der Waals surface area contributed by atoms with Crippen molar-refractivity contribution in [3.05, 3.63) is 12.3 Å². The molecule has 1 nitrogen and oxygen atoms in total. The summed E-state index contributed by atoms with van der Waals surface area (Å²) < 4.78 is 0. The Morgan fingerprint density at radius 3 is 2.25 bits per heavy atom. The van der Waals surface area contributed by atoms with E-state index in [1.165, 1.54) is 12.8 Å². The highest BCUT2D eigenvalue weighted by molar-refractivity contribution is 4.93. The average molecular weight is 169 g/mol. The number of rotatable bonds is 5. The van der Waals surface area contributed by atoms with Crippen LogP contribution in [-0.2, 0) is 0 Å². The Balaban J connectivity index is 3.94. The number of hydrogen-bond acceptors (Lipinski definition) is 1. The first-order valence-electron chi connectivity index (χ1n) is 4.91. The fourth-order valence-corrected chi connectivity index (χ4v) is 1.16. The van der Waals surface area contributed by atoms with Crippen molar-refractivity contribution in [2.45, 2.75) is 40.5 Å². The minimum absolute atomic E-state index is 0.359. The van der Waals surface area contributed by atoms with Crippen LogP contribution >= 0.6 is 0 Å². The van der Waals surface area contributed by atoms with E-state index in [-0.39, 0.29) is 0 Å². The molecular formula is C11H23N. The van der Waals surface area contributed by atoms with Crippen LogP contribution in [0.1, 0.15) is 40.5 Å². The molecule has 72 valence electrons. The predicted molar refractivity (Wildman–Crippen MR) is 56.1 cm³/mol. The number of nitrogens with zero attached hydrogens (tertiary/aromatic N) is 1. The normalized spacial score (nSPS) is 12.4. The monoisotopic (exact) mass is 169 g/mol. The molecule has 0 bridgehead atoms. The van der Waals surface area contributed by atoms with Crippen LogP contribution in [0.3, 0.4) is 0 Å². The first-order chi connectivity index (χ1) is 5.52. The largest absolute Gasteiger partial charge is 0.381 e. The summed E-state index contributed by atoms with van der Waals surface area (Å²) in [6.45, 7) is 10.1. The number of allylic oxidation sites excluding steroid dienone is 1. The van der Waals surface area contributed by atoms with E-state index in [2.05, 4.69) is 51.9 Å². The quantitative estimate of drug-likeness (QED) is 0.610. The fraction of sp³-hybridized carbons (Fsp3) is 0.818. The molecular weight excluding hydrogens is 146 g/mol. The molecule has 0 aliphatic rings. The van der Waals surface area contributed by atoms with Gasteiger partial charge in [0.1, 0.15) is 0 Å². The predicted octanol–water partition coefficient (Wildman–Crippen LogP) is 3.28. The Morgan fingerprint density at radius 2 is 1.83 bits per heavy atom. The van der Waals surface area contributed by atoms with Gasteiger partial charge in [0, 0.05) is 13.6 Å². The third-order valence-corrected chi connectivity index (χ3v) is 2.17. The SMILES string of the molecule is CCCC(C)(C)C=CN(C)CC. The second kappa shape index (κ2) is 5.23. The Labute approximate surface area is 77.5 Å². The minimum Gasteiger partial charge on any atom is -0.381 e. The molecule has 0 aliphatic carbocycles. The maximum atomic E-state index is 2.31. The van der Waals surface area contributed by atoms with Crippen LogP contribution in [0.2, 0.25) is 0 Å². The third kappa shape index (κ3) is 5.22. The van der Waals surface area contributed by atoms with Crippen LogP contribution < -0.4 is 0 Å². The molecule has 0 amide bonds. The van der Waals surface area contributed by atoms with E-state index >= 15 is 0 Å². The molecule has 0 aromatic heterocycles. The standard InChI is InChI=1S/C11H23N/c1-6-8-11(3,4)9-10-12(5)7-2/h9-10H,6-8H2,1-5H3. The summed E-state index contributed by atoms with van der Waals surface area (Å²) in [6, 6.07) is 0. The van der Waals surface area contributed by atoms with Crippen molar-refractivity contribution in [3.8, 4) is 0 Å². The molecule has 0 aliphatic heterocycles. The highest BCUT2D eigenvalue weighted by Crippen LogP contribution is 2.23. The lowest BCUT2D eigenvalue weighted by Crippen LogP contribution is -2.12. The van der Waals surface area contributed by atoms with Crippen molar-refractivity contribution >= 4 is 0 Å². The van der Waals surface area contributed by atoms with Crippen molar-refractivity contribution in [1.29, 1.82) is 0 Å². The zero-order chi connectivity index (χ0) is 9.61. The Morgan fingerprint density at radius 1 is 1.25 bits per heavy atom. The average Bonchev–Trinajstić information content (AvgIpc) is 2.00. The summed E-state index contributed by atoms with van der Waals surface area (Å²) in [6.07, 6.45) is 7.02. The molecule has 0 heterocycles. The van der Waals surface area contributed by atoms with Crippen LogP contribution in [0.4, 0.5) is 0 Å². The van der Waals surface area contributed by atoms with Gasteiger partial charge in [-0.2, -0.15) is 0 Å². The molecule has 0 aromatic rings. The Hall–Kier alpha value is -0.460. The summed E-state index contributed by atoms with van der Waals surface area (Å²) in [4.78, 5) is 2.21. The van der Waals surface area contributed by atoms with E-state index < -0.39 is 0 Å². The van der Waals surface area contributed by atoms with E-state index in [9.17, 15) is 0 Å². The van der Waals surface area contributed by atoms with E-state index in [4.69, 9.17) is 0 Å². The first kappa shape index (κ1) is 11.5. The van der Waals surface area contributed by atoms with Crippen LogP contribution in [0.5, 0.6) is 0 Å². The zero-order valence-corrected chi connectivity index (χ0v) is 9.22. The van der Waals surface area contributed by atoms with E-state index in [1.54, 1.807) is 0 Å². The van der Waals surface area contributed by atoms with Gasteiger partial charge in [0.2, 0.25) is 0 Å². The lowest BCUT2D eigenvalue weighted by atomic mass is 9.88. The molecule has 0 unspecified atom stereocenters. The van der Waals surface area contributed by atoms with Crippen molar-refractivity contribution in [3.63, 3.8) is 0 Å². The van der Waals surface area contributed by atoms with Crippen LogP contribution in [0, 0.1) is 5.41 Å². The Bertz CT molecular complexity index is 136. The van der Waals surface area contributed by atoms with Gasteiger partial charge < -0.3 is 4.90 Å². The molecule has 0 saturated carbocycles. The molecule has 12 heavy (non-hydrogen) atoms. The van der Waals surface area contributed by atoms with E-state index in [0.29, 0.717) is 5.41 Å². The Kier molecular flexibility index (Phi) is 5.03. The fourth-order valence-electron chi connectivity index (χ4n) is 1.16. The van der Waals surface area contributed by atoms with Crippen molar-refractivity contribution in [1.82, 2.24) is 4.90 Å². The van der Waals surface area contributed by atoms with Crippen molar-refractivity contribution in [2.24, 2.45) is 5.41 Å². The van der Waals surface area contributed by atoms with E-state index in [0.717, 1.165) is 6.54 Å². The molecule has 0 radical (unpaired) electrons. The van der Waals surface area contributed by atoms with Crippen molar-refractivity contribution in [2.75, 3.05) is 13.6 Å². The molecule has 0 spiro atoms. The summed E-state index contributed by atoms with van der Waals surface area (Å²) >= 11 is 0. The molecule has 0 N–H and O–H groups in total. The van der Waals surface area contributed by atoms with Crippen molar-refractivity contribution < 1.29 is 0 Å². The maximum absolute atomic E-state index is 2.31. The second-order valence-electron chi connectivity index (χ2n) is 4.13. The summed E-state index contributed by atoms with van der Waals surface area (Å²) in [7, 11) is 2.11. The third-order valence-electron chi connectivity index (χ3n) is 2.17. The molecule has 0 saturated heterocycles. The van der Waals surface area contributed by atoms with Gasteiger partial charge in [-0.25, -0.2) is 0 Å². The van der Waals surface area contributed by atoms with Gasteiger partial charge in [0.05, 0.1) is 0 Å². The topological polar surface area (TPSA) is 3.24 Å². The first-order valence-corrected chi connectivity index (χ1v) is 4.91. The minimum atomic E-state index is 0.359. The van der Waals surface area contributed by atoms with Gasteiger partial charge in [-0.3, -0.25) is 0 Å². The molecule has 0 aromatic carbocycles. The molecule has 0 rings (SSSR count). The molecule has 0 fully saturated rings. The van der Waals surface area contributed by atoms with Crippen LogP contribution in [0.25, 0.3) is 0 Å². The maximum Gasteiger partial charge on any atom is 0.0140 e.